The highest BCUT2D eigenvalue weighted by Gasteiger charge is 2.35. The van der Waals surface area contributed by atoms with Crippen molar-refractivity contribution in [3.63, 3.8) is 0 Å². The van der Waals surface area contributed by atoms with Crippen molar-refractivity contribution in [1.82, 2.24) is 0 Å². The van der Waals surface area contributed by atoms with Crippen LogP contribution >= 0.6 is 0 Å². The molecule has 4 aromatic carbocycles. The molecule has 0 spiro atoms. The Hall–Kier alpha value is -4.88. The van der Waals surface area contributed by atoms with Crippen LogP contribution in [0.1, 0.15) is 353 Å². The van der Waals surface area contributed by atoms with Crippen molar-refractivity contribution in [2.45, 2.75) is 308 Å². The lowest BCUT2D eigenvalue weighted by Crippen LogP contribution is -2.17. The molecule has 0 amide bonds. The zero-order chi connectivity index (χ0) is 70.5. The van der Waals surface area contributed by atoms with Gasteiger partial charge in [0, 0.05) is 92.4 Å². The summed E-state index contributed by atoms with van der Waals surface area (Å²) in [7, 11) is 7.35. The van der Waals surface area contributed by atoms with Crippen LogP contribution in [-0.4, -0.2) is 108 Å². The fraction of sp³-hybridized carbons (Fsp3) is 0.727. The molecule has 4 aromatic rings. The van der Waals surface area contributed by atoms with E-state index in [2.05, 4.69) is 76.2 Å². The standard InChI is InChI=1S/C88H140O12/c1-9-13-17-21-25-29-33-37-41-45-69-73-61-79-72(48-44-40-36-32-28-24-20-16-12-4)76-64-78-70(46-42-38-34-30-26-22-18-14-10-2)74-62-80(88(66-82(74)90-6)100-60-56-96-52-50-94-54-58-98-86(78)68-84(76)92-8)71(47-43-39-35-31-27-23-19-15-11-3)75-63-77(69)85(67-83(75)91-7)97-57-53-93-49-51-95-55-59-99-87(79)65-81(73)89-5/h61-72H,9-60H2,1-8H3. The second kappa shape index (κ2) is 50.5. The molecule has 0 aromatic heterocycles. The second-order valence-corrected chi connectivity index (χ2v) is 29.1. The zero-order valence-corrected chi connectivity index (χ0v) is 64.6. The van der Waals surface area contributed by atoms with Crippen molar-refractivity contribution in [1.29, 1.82) is 0 Å². The van der Waals surface area contributed by atoms with E-state index in [9.17, 15) is 0 Å². The maximum absolute atomic E-state index is 7.18. The largest absolute Gasteiger partial charge is 0.496 e. The third-order valence-corrected chi connectivity index (χ3v) is 21.5. The van der Waals surface area contributed by atoms with Crippen molar-refractivity contribution in [2.24, 2.45) is 0 Å². The van der Waals surface area contributed by atoms with E-state index < -0.39 is 0 Å². The van der Waals surface area contributed by atoms with Gasteiger partial charge in [-0.2, -0.15) is 0 Å². The van der Waals surface area contributed by atoms with Crippen molar-refractivity contribution in [3.8, 4) is 46.0 Å². The summed E-state index contributed by atoms with van der Waals surface area (Å²) in [5, 5.41) is 0. The Kier molecular flexibility index (Phi) is 41.6. The van der Waals surface area contributed by atoms with E-state index in [1.165, 1.54) is 180 Å². The first-order valence-electron chi connectivity index (χ1n) is 41.1. The van der Waals surface area contributed by atoms with Crippen LogP contribution in [0.3, 0.4) is 0 Å². The Morgan fingerprint density at radius 2 is 0.390 bits per heavy atom. The Bertz CT molecular complexity index is 2590. The monoisotopic (exact) mass is 1390 g/mol. The normalized spacial score (nSPS) is 17.7. The minimum absolute atomic E-state index is 0.147. The summed E-state index contributed by atoms with van der Waals surface area (Å²) >= 11 is 0. The lowest BCUT2D eigenvalue weighted by molar-refractivity contribution is 0.0271. The van der Waals surface area contributed by atoms with Crippen LogP contribution in [-0.2, 0) is 18.9 Å². The molecule has 0 saturated heterocycles. The molecule has 0 fully saturated rings. The minimum Gasteiger partial charge on any atom is -0.496 e. The summed E-state index contributed by atoms with van der Waals surface area (Å²) in [6, 6.07) is 18.8. The van der Waals surface area contributed by atoms with Crippen LogP contribution in [0.25, 0.3) is 0 Å². The summed E-state index contributed by atoms with van der Waals surface area (Å²) in [4.78, 5) is 0. The van der Waals surface area contributed by atoms with Crippen LogP contribution in [0.5, 0.6) is 46.0 Å². The second-order valence-electron chi connectivity index (χ2n) is 29.1. The third kappa shape index (κ3) is 27.6. The Balaban J connectivity index is 1.57. The third-order valence-electron chi connectivity index (χ3n) is 21.5. The van der Waals surface area contributed by atoms with Gasteiger partial charge in [0.1, 0.15) is 72.4 Å². The van der Waals surface area contributed by atoms with Crippen molar-refractivity contribution >= 4 is 0 Å². The van der Waals surface area contributed by atoms with E-state index in [1.807, 2.05) is 28.4 Å². The molecule has 12 heteroatoms. The van der Waals surface area contributed by atoms with Crippen LogP contribution in [0, 0.1) is 0 Å². The van der Waals surface area contributed by atoms with Gasteiger partial charge < -0.3 is 56.8 Å². The highest BCUT2D eigenvalue weighted by atomic mass is 16.6. The molecule has 3 heterocycles. The molecular weight excluding hydrogens is 1250 g/mol. The molecule has 0 radical (unpaired) electrons. The SMILES string of the molecule is CCCCCCCCCCCC1c2cc3c(cc2OC)OCCOCCOCCOc2cc(OC)c(cc21)C(CCCCCCCCCCC)c1cc2c(OC)cc1OCCOCCOCCOc1cc(OC)c(cc1C2CCCCCCCCCCC)C3CCCCCCCCCCC. The number of fused-ring (bicyclic) bond motifs is 12. The summed E-state index contributed by atoms with van der Waals surface area (Å²) in [6.07, 6.45) is 48.0. The van der Waals surface area contributed by atoms with Crippen LogP contribution in [0.4, 0.5) is 0 Å². The molecular formula is C88H140O12. The maximum Gasteiger partial charge on any atom is 0.126 e. The quantitative estimate of drug-likeness (QED) is 0.0311. The number of rotatable bonds is 44. The van der Waals surface area contributed by atoms with Gasteiger partial charge in [-0.3, -0.25) is 0 Å². The molecule has 10 bridgehead atoms. The van der Waals surface area contributed by atoms with Crippen molar-refractivity contribution < 1.29 is 56.8 Å². The Morgan fingerprint density at radius 1 is 0.220 bits per heavy atom. The number of unbranched alkanes of at least 4 members (excludes halogenated alkanes) is 32. The summed E-state index contributed by atoms with van der Waals surface area (Å²) in [6.45, 7) is 14.1. The van der Waals surface area contributed by atoms with E-state index in [1.54, 1.807) is 0 Å². The number of ether oxygens (including phenoxy) is 12. The minimum atomic E-state index is -0.154. The topological polar surface area (TPSA) is 111 Å². The van der Waals surface area contributed by atoms with Gasteiger partial charge in [-0.05, 0) is 49.9 Å². The van der Waals surface area contributed by atoms with E-state index in [-0.39, 0.29) is 23.7 Å². The van der Waals surface area contributed by atoms with Gasteiger partial charge in [-0.25, -0.2) is 0 Å². The van der Waals surface area contributed by atoms with Crippen molar-refractivity contribution in [2.75, 3.05) is 108 Å². The molecule has 4 aliphatic rings. The number of benzene rings is 4. The van der Waals surface area contributed by atoms with Gasteiger partial charge in [-0.15, -0.1) is 0 Å². The van der Waals surface area contributed by atoms with Gasteiger partial charge in [0.2, 0.25) is 0 Å². The van der Waals surface area contributed by atoms with Gasteiger partial charge in [0.15, 0.2) is 0 Å². The molecule has 4 unspecified atom stereocenters. The molecule has 3 aliphatic heterocycles. The van der Waals surface area contributed by atoms with E-state index in [0.29, 0.717) is 79.3 Å². The van der Waals surface area contributed by atoms with E-state index in [4.69, 9.17) is 56.8 Å². The van der Waals surface area contributed by atoms with Crippen LogP contribution < -0.4 is 37.9 Å². The number of hydrogen-bond donors (Lipinski definition) is 0. The fourth-order valence-electron chi connectivity index (χ4n) is 15.8. The van der Waals surface area contributed by atoms with E-state index in [0.717, 1.165) is 168 Å². The predicted octanol–water partition coefficient (Wildman–Crippen LogP) is 23.9. The number of methoxy groups -OCH3 is 4. The Morgan fingerprint density at radius 3 is 0.570 bits per heavy atom. The average molecular weight is 1390 g/mol. The van der Waals surface area contributed by atoms with Crippen molar-refractivity contribution in [3.05, 3.63) is 93.0 Å². The summed E-state index contributed by atoms with van der Waals surface area (Å²) < 4.78 is 80.9. The molecule has 12 nitrogen and oxygen atoms in total. The Labute approximate surface area is 608 Å². The van der Waals surface area contributed by atoms with Crippen LogP contribution in [0.2, 0.25) is 0 Å². The fourth-order valence-corrected chi connectivity index (χ4v) is 15.8. The molecule has 564 valence electrons. The summed E-state index contributed by atoms with van der Waals surface area (Å²) in [5.74, 6) is 5.82. The van der Waals surface area contributed by atoms with E-state index >= 15 is 0 Å². The molecule has 0 saturated carbocycles. The first-order valence-corrected chi connectivity index (χ1v) is 41.1. The molecule has 8 rings (SSSR count). The average Bonchev–Trinajstić information content (AvgIpc) is 0.762. The smallest absolute Gasteiger partial charge is 0.126 e. The summed E-state index contributed by atoms with van der Waals surface area (Å²) in [5.41, 5.74) is 9.02. The highest BCUT2D eigenvalue weighted by molar-refractivity contribution is 5.63. The number of hydrogen-bond acceptors (Lipinski definition) is 12. The van der Waals surface area contributed by atoms with Crippen LogP contribution in [0.15, 0.2) is 48.5 Å². The van der Waals surface area contributed by atoms with Gasteiger partial charge in [-0.1, -0.05) is 259 Å². The molecule has 1 aliphatic carbocycles. The maximum atomic E-state index is 7.18. The molecule has 0 N–H and O–H groups in total. The highest BCUT2D eigenvalue weighted by Crippen LogP contribution is 2.54. The zero-order valence-electron chi connectivity index (χ0n) is 64.6. The molecule has 100 heavy (non-hydrogen) atoms. The van der Waals surface area contributed by atoms with Gasteiger partial charge in [0.05, 0.1) is 81.3 Å². The van der Waals surface area contributed by atoms with Gasteiger partial charge >= 0.3 is 0 Å². The van der Waals surface area contributed by atoms with Gasteiger partial charge in [0.25, 0.3) is 0 Å². The lowest BCUT2D eigenvalue weighted by Gasteiger charge is -2.32. The lowest BCUT2D eigenvalue weighted by atomic mass is 9.76. The first kappa shape index (κ1) is 82.4. The first-order chi connectivity index (χ1) is 49.4. The predicted molar refractivity (Wildman–Crippen MR) is 412 cm³/mol. The molecule has 4 atom stereocenters.